The van der Waals surface area contributed by atoms with E-state index in [2.05, 4.69) is 23.9 Å². The van der Waals surface area contributed by atoms with Gasteiger partial charge in [0, 0.05) is 31.6 Å². The molecule has 0 radical (unpaired) electrons. The van der Waals surface area contributed by atoms with Crippen LogP contribution in [0.5, 0.6) is 0 Å². The monoisotopic (exact) mass is 339 g/mol. The summed E-state index contributed by atoms with van der Waals surface area (Å²) < 4.78 is 0. The van der Waals surface area contributed by atoms with Gasteiger partial charge in [0.25, 0.3) is 0 Å². The molecule has 1 aliphatic heterocycles. The largest absolute Gasteiger partial charge is 0.341 e. The van der Waals surface area contributed by atoms with E-state index in [1.807, 2.05) is 0 Å². The average molecular weight is 340 g/mol. The molecule has 0 bridgehead atoms. The number of hydrogen-bond acceptors (Lipinski definition) is 3. The second kappa shape index (κ2) is 9.88. The summed E-state index contributed by atoms with van der Waals surface area (Å²) in [7, 11) is 4.21. The number of nitrogens with zero attached hydrogens (tertiary/aromatic N) is 2. The Bertz CT molecular complexity index is 315. The summed E-state index contributed by atoms with van der Waals surface area (Å²) in [4.78, 5) is 16.7. The molecule has 0 aromatic rings. The first kappa shape index (κ1) is 21.0. The minimum Gasteiger partial charge on any atom is -0.341 e. The molecule has 2 fully saturated rings. The van der Waals surface area contributed by atoms with Crippen molar-refractivity contribution in [1.82, 2.24) is 9.80 Å². The van der Waals surface area contributed by atoms with Crippen LogP contribution in [0.15, 0.2) is 0 Å². The van der Waals surface area contributed by atoms with E-state index in [1.54, 1.807) is 0 Å². The molecule has 6 heteroatoms. The van der Waals surface area contributed by atoms with Crippen LogP contribution in [0, 0.1) is 5.92 Å². The number of carbonyl (C=O) groups is 1. The maximum atomic E-state index is 12.4. The van der Waals surface area contributed by atoms with E-state index in [0.717, 1.165) is 32.4 Å². The molecule has 2 rings (SSSR count). The summed E-state index contributed by atoms with van der Waals surface area (Å²) in [5.41, 5.74) is 6.15. The zero-order valence-corrected chi connectivity index (χ0v) is 14.9. The topological polar surface area (TPSA) is 49.6 Å². The normalized spacial score (nSPS) is 29.5. The highest BCUT2D eigenvalue weighted by Crippen LogP contribution is 2.27. The lowest BCUT2D eigenvalue weighted by Crippen LogP contribution is -2.48. The van der Waals surface area contributed by atoms with Gasteiger partial charge in [-0.15, -0.1) is 24.8 Å². The minimum absolute atomic E-state index is 0. The summed E-state index contributed by atoms with van der Waals surface area (Å²) in [5, 5.41) is 0. The van der Waals surface area contributed by atoms with E-state index in [9.17, 15) is 4.79 Å². The van der Waals surface area contributed by atoms with Gasteiger partial charge in [-0.3, -0.25) is 4.79 Å². The number of piperidine rings is 1. The van der Waals surface area contributed by atoms with Crippen molar-refractivity contribution in [2.24, 2.45) is 11.7 Å². The molecule has 0 spiro atoms. The Labute approximate surface area is 141 Å². The molecule has 2 N–H and O–H groups in total. The third kappa shape index (κ3) is 5.93. The van der Waals surface area contributed by atoms with Crippen LogP contribution in [0.25, 0.3) is 0 Å². The first-order valence-corrected chi connectivity index (χ1v) is 7.77. The molecule has 0 aromatic carbocycles. The summed E-state index contributed by atoms with van der Waals surface area (Å²) >= 11 is 0. The standard InChI is InChI=1S/C15H29N3O.2ClH/c1-17(2)13-7-5-9-18(11-13)15(19)10-12-6-3-4-8-14(12)16;;/h12-14H,3-11,16H2,1-2H3;2*1H. The number of hydrogen-bond donors (Lipinski definition) is 1. The van der Waals surface area contributed by atoms with E-state index in [-0.39, 0.29) is 30.9 Å². The molecule has 1 heterocycles. The highest BCUT2D eigenvalue weighted by atomic mass is 35.5. The maximum Gasteiger partial charge on any atom is 0.222 e. The molecule has 1 amide bonds. The van der Waals surface area contributed by atoms with E-state index in [0.29, 0.717) is 24.3 Å². The van der Waals surface area contributed by atoms with Crippen LogP contribution in [-0.4, -0.2) is 55.0 Å². The fourth-order valence-electron chi connectivity index (χ4n) is 3.45. The predicted octanol–water partition coefficient (Wildman–Crippen LogP) is 2.29. The summed E-state index contributed by atoms with van der Waals surface area (Å²) in [5.74, 6) is 0.745. The van der Waals surface area contributed by atoms with Gasteiger partial charge in [0.2, 0.25) is 5.91 Å². The van der Waals surface area contributed by atoms with Crippen LogP contribution in [0.3, 0.4) is 0 Å². The van der Waals surface area contributed by atoms with Crippen LogP contribution in [0.4, 0.5) is 0 Å². The van der Waals surface area contributed by atoms with Crippen LogP contribution < -0.4 is 5.73 Å². The SMILES string of the molecule is CN(C)C1CCCN(C(=O)CC2CCCCC2N)C1.Cl.Cl. The van der Waals surface area contributed by atoms with Gasteiger partial charge in [-0.25, -0.2) is 0 Å². The molecule has 2 aliphatic rings. The Balaban J connectivity index is 0.00000200. The highest BCUT2D eigenvalue weighted by Gasteiger charge is 2.29. The number of likely N-dealkylation sites (N-methyl/N-ethyl adjacent to an activating group) is 1. The summed E-state index contributed by atoms with van der Waals surface area (Å²) in [6.07, 6.45) is 7.71. The molecule has 0 aromatic heterocycles. The number of rotatable bonds is 3. The second-order valence-corrected chi connectivity index (χ2v) is 6.51. The zero-order valence-electron chi connectivity index (χ0n) is 13.3. The lowest BCUT2D eigenvalue weighted by Gasteiger charge is -2.37. The van der Waals surface area contributed by atoms with Crippen molar-refractivity contribution in [3.05, 3.63) is 0 Å². The average Bonchev–Trinajstić information content (AvgIpc) is 2.41. The lowest BCUT2D eigenvalue weighted by molar-refractivity contribution is -0.134. The van der Waals surface area contributed by atoms with Gasteiger partial charge in [-0.2, -0.15) is 0 Å². The molecular formula is C15H31Cl2N3O. The Morgan fingerprint density at radius 1 is 1.14 bits per heavy atom. The number of amides is 1. The van der Waals surface area contributed by atoms with Gasteiger partial charge < -0.3 is 15.5 Å². The molecule has 21 heavy (non-hydrogen) atoms. The zero-order chi connectivity index (χ0) is 13.8. The van der Waals surface area contributed by atoms with Crippen LogP contribution in [0.1, 0.15) is 44.9 Å². The van der Waals surface area contributed by atoms with Gasteiger partial charge in [0.1, 0.15) is 0 Å². The maximum absolute atomic E-state index is 12.4. The highest BCUT2D eigenvalue weighted by molar-refractivity contribution is 5.85. The van der Waals surface area contributed by atoms with E-state index in [1.165, 1.54) is 19.3 Å². The van der Waals surface area contributed by atoms with E-state index in [4.69, 9.17) is 5.73 Å². The van der Waals surface area contributed by atoms with Gasteiger partial charge >= 0.3 is 0 Å². The van der Waals surface area contributed by atoms with Gasteiger partial charge in [0.05, 0.1) is 0 Å². The number of carbonyl (C=O) groups excluding carboxylic acids is 1. The van der Waals surface area contributed by atoms with Crippen molar-refractivity contribution in [2.75, 3.05) is 27.2 Å². The van der Waals surface area contributed by atoms with Gasteiger partial charge in [0.15, 0.2) is 0 Å². The molecule has 3 atom stereocenters. The third-order valence-corrected chi connectivity index (χ3v) is 4.88. The third-order valence-electron chi connectivity index (χ3n) is 4.88. The summed E-state index contributed by atoms with van der Waals surface area (Å²) in [6, 6.07) is 0.768. The Kier molecular flexibility index (Phi) is 9.87. The predicted molar refractivity (Wildman–Crippen MR) is 92.3 cm³/mol. The fourth-order valence-corrected chi connectivity index (χ4v) is 3.45. The smallest absolute Gasteiger partial charge is 0.222 e. The molecule has 4 nitrogen and oxygen atoms in total. The van der Waals surface area contributed by atoms with E-state index >= 15 is 0 Å². The molecule has 1 saturated heterocycles. The summed E-state index contributed by atoms with van der Waals surface area (Å²) in [6.45, 7) is 1.83. The molecule has 1 saturated carbocycles. The van der Waals surface area contributed by atoms with Crippen LogP contribution >= 0.6 is 24.8 Å². The van der Waals surface area contributed by atoms with Gasteiger partial charge in [-0.05, 0) is 45.7 Å². The van der Waals surface area contributed by atoms with Crippen molar-refractivity contribution >= 4 is 30.7 Å². The molecule has 126 valence electrons. The van der Waals surface area contributed by atoms with Crippen molar-refractivity contribution in [2.45, 2.75) is 57.0 Å². The second-order valence-electron chi connectivity index (χ2n) is 6.51. The van der Waals surface area contributed by atoms with Crippen molar-refractivity contribution in [1.29, 1.82) is 0 Å². The fraction of sp³-hybridized carbons (Fsp3) is 0.933. The lowest BCUT2D eigenvalue weighted by atomic mass is 9.82. The molecule has 1 aliphatic carbocycles. The van der Waals surface area contributed by atoms with Crippen LogP contribution in [-0.2, 0) is 4.79 Å². The first-order chi connectivity index (χ1) is 9.08. The number of likely N-dealkylation sites (tertiary alicyclic amines) is 1. The van der Waals surface area contributed by atoms with Crippen molar-refractivity contribution in [3.63, 3.8) is 0 Å². The number of nitrogens with two attached hydrogens (primary N) is 1. The van der Waals surface area contributed by atoms with Crippen molar-refractivity contribution < 1.29 is 4.79 Å². The van der Waals surface area contributed by atoms with Crippen molar-refractivity contribution in [3.8, 4) is 0 Å². The molecule has 3 unspecified atom stereocenters. The minimum atomic E-state index is 0. The number of halogens is 2. The van der Waals surface area contributed by atoms with Crippen LogP contribution in [0.2, 0.25) is 0 Å². The Morgan fingerprint density at radius 2 is 1.81 bits per heavy atom. The van der Waals surface area contributed by atoms with E-state index < -0.39 is 0 Å². The quantitative estimate of drug-likeness (QED) is 0.858. The Hall–Kier alpha value is -0.0300. The first-order valence-electron chi connectivity index (χ1n) is 7.77. The Morgan fingerprint density at radius 3 is 2.43 bits per heavy atom. The van der Waals surface area contributed by atoms with Gasteiger partial charge in [-0.1, -0.05) is 12.8 Å². The molecular weight excluding hydrogens is 309 g/mol.